The number of nitrogens with one attached hydrogen (secondary N) is 1. The molecule has 1 N–H and O–H groups in total. The average Bonchev–Trinajstić information content (AvgIpc) is 2.41. The van der Waals surface area contributed by atoms with Crippen LogP contribution in [0.2, 0.25) is 0 Å². The SMILES string of the molecule is COCCNC(=O)c1cc(C)c(C)c(S(=O)(=O)N(C)C)c1. The van der Waals surface area contributed by atoms with Crippen molar-refractivity contribution in [3.8, 4) is 0 Å². The van der Waals surface area contributed by atoms with Crippen LogP contribution in [0.15, 0.2) is 17.0 Å². The van der Waals surface area contributed by atoms with E-state index in [0.717, 1.165) is 9.87 Å². The van der Waals surface area contributed by atoms with Gasteiger partial charge in [-0.15, -0.1) is 0 Å². The van der Waals surface area contributed by atoms with E-state index >= 15 is 0 Å². The Kier molecular flexibility index (Phi) is 5.88. The number of rotatable bonds is 6. The number of amides is 1. The van der Waals surface area contributed by atoms with Gasteiger partial charge < -0.3 is 10.1 Å². The quantitative estimate of drug-likeness (QED) is 0.793. The van der Waals surface area contributed by atoms with Gasteiger partial charge in [-0.05, 0) is 37.1 Å². The summed E-state index contributed by atoms with van der Waals surface area (Å²) in [4.78, 5) is 12.2. The standard InChI is InChI=1S/C14H22N2O4S/c1-10-8-12(14(17)15-6-7-20-5)9-13(11(10)2)21(18,19)16(3)4/h8-9H,6-7H2,1-5H3,(H,15,17). The molecule has 118 valence electrons. The Labute approximate surface area is 126 Å². The van der Waals surface area contributed by atoms with Crippen molar-refractivity contribution in [1.82, 2.24) is 9.62 Å². The first-order valence-corrected chi connectivity index (χ1v) is 7.96. The Bertz CT molecular complexity index is 624. The third kappa shape index (κ3) is 4.03. The highest BCUT2D eigenvalue weighted by molar-refractivity contribution is 7.89. The van der Waals surface area contributed by atoms with Crippen LogP contribution in [-0.4, -0.2) is 53.0 Å². The van der Waals surface area contributed by atoms with Gasteiger partial charge in [0.05, 0.1) is 11.5 Å². The molecule has 7 heteroatoms. The van der Waals surface area contributed by atoms with Gasteiger partial charge in [-0.25, -0.2) is 12.7 Å². The van der Waals surface area contributed by atoms with Crippen molar-refractivity contribution < 1.29 is 17.9 Å². The molecule has 0 heterocycles. The molecule has 6 nitrogen and oxygen atoms in total. The van der Waals surface area contributed by atoms with Crippen LogP contribution in [0.1, 0.15) is 21.5 Å². The number of carbonyl (C=O) groups is 1. The fourth-order valence-corrected chi connectivity index (χ4v) is 3.01. The van der Waals surface area contributed by atoms with Crippen LogP contribution >= 0.6 is 0 Å². The van der Waals surface area contributed by atoms with Crippen LogP contribution in [-0.2, 0) is 14.8 Å². The van der Waals surface area contributed by atoms with Crippen LogP contribution < -0.4 is 5.32 Å². The normalized spacial score (nSPS) is 11.7. The Morgan fingerprint density at radius 3 is 2.43 bits per heavy atom. The summed E-state index contributed by atoms with van der Waals surface area (Å²) in [6.45, 7) is 4.30. The average molecular weight is 314 g/mol. The van der Waals surface area contributed by atoms with Gasteiger partial charge >= 0.3 is 0 Å². The monoisotopic (exact) mass is 314 g/mol. The van der Waals surface area contributed by atoms with E-state index in [1.54, 1.807) is 27.0 Å². The van der Waals surface area contributed by atoms with Crippen molar-refractivity contribution in [2.24, 2.45) is 0 Å². The number of benzene rings is 1. The number of nitrogens with zero attached hydrogens (tertiary/aromatic N) is 1. The minimum atomic E-state index is -3.58. The molecule has 0 bridgehead atoms. The molecular weight excluding hydrogens is 292 g/mol. The molecule has 0 aromatic heterocycles. The first-order chi connectivity index (χ1) is 9.71. The second kappa shape index (κ2) is 7.02. The fraction of sp³-hybridized carbons (Fsp3) is 0.500. The van der Waals surface area contributed by atoms with Gasteiger partial charge in [-0.2, -0.15) is 0 Å². The van der Waals surface area contributed by atoms with Crippen LogP contribution in [0, 0.1) is 13.8 Å². The predicted octanol–water partition coefficient (Wildman–Crippen LogP) is 0.930. The third-order valence-electron chi connectivity index (χ3n) is 3.23. The molecule has 1 amide bonds. The first-order valence-electron chi connectivity index (χ1n) is 6.52. The van der Waals surface area contributed by atoms with Gasteiger partial charge in [0.25, 0.3) is 5.91 Å². The molecule has 0 fully saturated rings. The Morgan fingerprint density at radius 1 is 1.29 bits per heavy atom. The zero-order valence-corrected chi connectivity index (χ0v) is 13.9. The minimum Gasteiger partial charge on any atom is -0.383 e. The summed E-state index contributed by atoms with van der Waals surface area (Å²) < 4.78 is 30.6. The Hall–Kier alpha value is -1.44. The molecule has 1 rings (SSSR count). The smallest absolute Gasteiger partial charge is 0.251 e. The molecule has 0 saturated carbocycles. The molecule has 0 aliphatic rings. The molecule has 0 saturated heterocycles. The topological polar surface area (TPSA) is 75.7 Å². The van der Waals surface area contributed by atoms with Gasteiger partial charge in [0, 0.05) is 33.3 Å². The van der Waals surface area contributed by atoms with E-state index < -0.39 is 10.0 Å². The molecular formula is C14H22N2O4S. The Balaban J connectivity index is 3.22. The number of ether oxygens (including phenoxy) is 1. The highest BCUT2D eigenvalue weighted by Crippen LogP contribution is 2.23. The summed E-state index contributed by atoms with van der Waals surface area (Å²) in [5.41, 5.74) is 1.74. The first kappa shape index (κ1) is 17.6. The van der Waals surface area contributed by atoms with Gasteiger partial charge in [-0.3, -0.25) is 4.79 Å². The molecule has 0 aliphatic carbocycles. The van der Waals surface area contributed by atoms with Crippen LogP contribution in [0.25, 0.3) is 0 Å². The maximum absolute atomic E-state index is 12.3. The van der Waals surface area contributed by atoms with Crippen molar-refractivity contribution in [2.45, 2.75) is 18.7 Å². The van der Waals surface area contributed by atoms with Gasteiger partial charge in [0.1, 0.15) is 0 Å². The molecule has 1 aromatic carbocycles. The van der Waals surface area contributed by atoms with Crippen molar-refractivity contribution in [1.29, 1.82) is 0 Å². The highest BCUT2D eigenvalue weighted by atomic mass is 32.2. The van der Waals surface area contributed by atoms with E-state index in [2.05, 4.69) is 5.32 Å². The lowest BCUT2D eigenvalue weighted by Gasteiger charge is -2.16. The van der Waals surface area contributed by atoms with E-state index in [4.69, 9.17) is 4.74 Å². The van der Waals surface area contributed by atoms with Gasteiger partial charge in [0.15, 0.2) is 0 Å². The van der Waals surface area contributed by atoms with E-state index in [1.807, 2.05) is 0 Å². The van der Waals surface area contributed by atoms with E-state index in [0.29, 0.717) is 24.3 Å². The lowest BCUT2D eigenvalue weighted by atomic mass is 10.1. The summed E-state index contributed by atoms with van der Waals surface area (Å²) in [5, 5.41) is 2.68. The van der Waals surface area contributed by atoms with Gasteiger partial charge in [-0.1, -0.05) is 0 Å². The molecule has 0 atom stereocenters. The van der Waals surface area contributed by atoms with Crippen molar-refractivity contribution in [3.05, 3.63) is 28.8 Å². The van der Waals surface area contributed by atoms with Crippen molar-refractivity contribution in [2.75, 3.05) is 34.4 Å². The third-order valence-corrected chi connectivity index (χ3v) is 5.17. The van der Waals surface area contributed by atoms with E-state index in [1.165, 1.54) is 20.2 Å². The number of methoxy groups -OCH3 is 1. The Morgan fingerprint density at radius 2 is 1.90 bits per heavy atom. The fourth-order valence-electron chi connectivity index (χ4n) is 1.79. The summed E-state index contributed by atoms with van der Waals surface area (Å²) in [6, 6.07) is 3.10. The maximum atomic E-state index is 12.3. The number of carbonyl (C=O) groups excluding carboxylic acids is 1. The molecule has 1 aromatic rings. The number of aryl methyl sites for hydroxylation is 1. The maximum Gasteiger partial charge on any atom is 0.251 e. The summed E-state index contributed by atoms with van der Waals surface area (Å²) in [7, 11) is 0.898. The number of hydrogen-bond donors (Lipinski definition) is 1. The van der Waals surface area contributed by atoms with Crippen LogP contribution in [0.5, 0.6) is 0 Å². The zero-order valence-electron chi connectivity index (χ0n) is 13.1. The molecule has 0 unspecified atom stereocenters. The largest absolute Gasteiger partial charge is 0.383 e. The zero-order chi connectivity index (χ0) is 16.2. The summed E-state index contributed by atoms with van der Waals surface area (Å²) >= 11 is 0. The lowest BCUT2D eigenvalue weighted by molar-refractivity contribution is 0.0937. The number of sulfonamides is 1. The van der Waals surface area contributed by atoms with E-state index in [9.17, 15) is 13.2 Å². The van der Waals surface area contributed by atoms with Crippen molar-refractivity contribution in [3.63, 3.8) is 0 Å². The highest BCUT2D eigenvalue weighted by Gasteiger charge is 2.22. The summed E-state index contributed by atoms with van der Waals surface area (Å²) in [5.74, 6) is -0.314. The second-order valence-corrected chi connectivity index (χ2v) is 7.07. The van der Waals surface area contributed by atoms with Crippen LogP contribution in [0.4, 0.5) is 0 Å². The predicted molar refractivity (Wildman–Crippen MR) is 81.0 cm³/mol. The second-order valence-electron chi connectivity index (χ2n) is 4.95. The van der Waals surface area contributed by atoms with Crippen LogP contribution in [0.3, 0.4) is 0 Å². The number of hydrogen-bond acceptors (Lipinski definition) is 4. The lowest BCUT2D eigenvalue weighted by Crippen LogP contribution is -2.28. The molecule has 0 spiro atoms. The molecule has 21 heavy (non-hydrogen) atoms. The van der Waals surface area contributed by atoms with E-state index in [-0.39, 0.29) is 10.8 Å². The minimum absolute atomic E-state index is 0.157. The summed E-state index contributed by atoms with van der Waals surface area (Å²) in [6.07, 6.45) is 0. The van der Waals surface area contributed by atoms with Crippen molar-refractivity contribution >= 4 is 15.9 Å². The molecule has 0 radical (unpaired) electrons. The van der Waals surface area contributed by atoms with Gasteiger partial charge in [0.2, 0.25) is 10.0 Å². The molecule has 0 aliphatic heterocycles.